The smallest absolute Gasteiger partial charge is 0.0909 e. The molecule has 0 bridgehead atoms. The van der Waals surface area contributed by atoms with Crippen molar-refractivity contribution in [3.8, 4) is 0 Å². The van der Waals surface area contributed by atoms with Gasteiger partial charge in [0.2, 0.25) is 0 Å². The van der Waals surface area contributed by atoms with Gasteiger partial charge in [0.05, 0.1) is 23.9 Å². The van der Waals surface area contributed by atoms with E-state index in [1.165, 1.54) is 0 Å². The van der Waals surface area contributed by atoms with Gasteiger partial charge in [-0.15, -0.1) is 0 Å². The molecule has 0 heterocycles. The minimum Gasteiger partial charge on any atom is -0.390 e. The van der Waals surface area contributed by atoms with Crippen molar-refractivity contribution < 1.29 is 20.4 Å². The van der Waals surface area contributed by atoms with Gasteiger partial charge >= 0.3 is 0 Å². The average Bonchev–Trinajstić information content (AvgIpc) is 2.60. The van der Waals surface area contributed by atoms with E-state index in [-0.39, 0.29) is 17.3 Å². The first kappa shape index (κ1) is 17.2. The zero-order valence-corrected chi connectivity index (χ0v) is 13.6. The second kappa shape index (κ2) is 6.15. The van der Waals surface area contributed by atoms with E-state index in [1.807, 2.05) is 0 Å². The molecule has 4 N–H and O–H groups in total. The first-order valence-corrected chi connectivity index (χ1v) is 8.42. The Labute approximate surface area is 128 Å². The van der Waals surface area contributed by atoms with Crippen molar-refractivity contribution in [2.75, 3.05) is 0 Å². The highest BCUT2D eigenvalue weighted by molar-refractivity contribution is 5.00. The maximum Gasteiger partial charge on any atom is 0.0909 e. The summed E-state index contributed by atoms with van der Waals surface area (Å²) in [5.41, 5.74) is -1.17. The van der Waals surface area contributed by atoms with Gasteiger partial charge in [-0.2, -0.15) is 0 Å². The van der Waals surface area contributed by atoms with Crippen LogP contribution in [0, 0.1) is 17.3 Å². The SMILES string of the molecule is CC1(C)CC[C@@H](O)C(C)(O)[C@H](C2CCCCC(O)C2O)C1. The number of aliphatic hydroxyl groups excluding tert-OH is 3. The van der Waals surface area contributed by atoms with Crippen molar-refractivity contribution in [1.82, 2.24) is 0 Å². The lowest BCUT2D eigenvalue weighted by atomic mass is 9.67. The highest BCUT2D eigenvalue weighted by Gasteiger charge is 2.50. The third-order valence-corrected chi connectivity index (χ3v) is 5.93. The van der Waals surface area contributed by atoms with Crippen LogP contribution in [0.2, 0.25) is 0 Å². The average molecular weight is 300 g/mol. The zero-order chi connectivity index (χ0) is 15.8. The van der Waals surface area contributed by atoms with Gasteiger partial charge < -0.3 is 20.4 Å². The fourth-order valence-electron chi connectivity index (χ4n) is 4.36. The third-order valence-electron chi connectivity index (χ3n) is 5.93. The molecular weight excluding hydrogens is 268 g/mol. The standard InChI is InChI=1S/C17H32O4/c1-16(2)9-8-14(19)17(3,21)12(10-16)11-6-4-5-7-13(18)15(11)20/h11-15,18-21H,4-10H2,1-3H3/t11?,12-,13?,14+,15?,17?/m0/s1. The first-order valence-electron chi connectivity index (χ1n) is 8.42. The lowest BCUT2D eigenvalue weighted by Gasteiger charge is -2.43. The van der Waals surface area contributed by atoms with Crippen molar-refractivity contribution in [2.45, 2.75) is 89.6 Å². The Morgan fingerprint density at radius 1 is 0.905 bits per heavy atom. The number of aliphatic hydroxyl groups is 4. The molecule has 124 valence electrons. The van der Waals surface area contributed by atoms with E-state index in [2.05, 4.69) is 13.8 Å². The van der Waals surface area contributed by atoms with E-state index < -0.39 is 23.9 Å². The molecule has 4 nitrogen and oxygen atoms in total. The molecule has 0 aliphatic heterocycles. The van der Waals surface area contributed by atoms with Crippen molar-refractivity contribution in [2.24, 2.45) is 17.3 Å². The van der Waals surface area contributed by atoms with E-state index in [0.29, 0.717) is 12.8 Å². The molecule has 0 saturated heterocycles. The zero-order valence-electron chi connectivity index (χ0n) is 13.6. The van der Waals surface area contributed by atoms with E-state index in [1.54, 1.807) is 6.92 Å². The molecule has 0 spiro atoms. The van der Waals surface area contributed by atoms with Crippen LogP contribution in [0.3, 0.4) is 0 Å². The molecule has 0 aromatic carbocycles. The van der Waals surface area contributed by atoms with Crippen LogP contribution >= 0.6 is 0 Å². The third kappa shape index (κ3) is 3.61. The summed E-state index contributed by atoms with van der Waals surface area (Å²) in [6.45, 7) is 6.02. The Morgan fingerprint density at radius 2 is 1.52 bits per heavy atom. The molecule has 2 saturated carbocycles. The van der Waals surface area contributed by atoms with Gasteiger partial charge in [-0.05, 0) is 56.3 Å². The highest BCUT2D eigenvalue weighted by Crippen LogP contribution is 2.47. The molecule has 2 aliphatic rings. The van der Waals surface area contributed by atoms with E-state index >= 15 is 0 Å². The van der Waals surface area contributed by atoms with Crippen LogP contribution in [-0.4, -0.2) is 44.3 Å². The van der Waals surface area contributed by atoms with E-state index in [0.717, 1.165) is 32.1 Å². The first-order chi connectivity index (χ1) is 9.65. The Hall–Kier alpha value is -0.160. The normalized spacial score (nSPS) is 48.4. The van der Waals surface area contributed by atoms with E-state index in [4.69, 9.17) is 0 Å². The monoisotopic (exact) mass is 300 g/mol. The van der Waals surface area contributed by atoms with Crippen LogP contribution in [-0.2, 0) is 0 Å². The molecule has 2 fully saturated rings. The molecule has 0 aromatic rings. The largest absolute Gasteiger partial charge is 0.390 e. The summed E-state index contributed by atoms with van der Waals surface area (Å²) < 4.78 is 0. The summed E-state index contributed by atoms with van der Waals surface area (Å²) in [6, 6.07) is 0. The van der Waals surface area contributed by atoms with Crippen molar-refractivity contribution >= 4 is 0 Å². The Balaban J connectivity index is 2.31. The fraction of sp³-hybridized carbons (Fsp3) is 1.00. The summed E-state index contributed by atoms with van der Waals surface area (Å²) >= 11 is 0. The van der Waals surface area contributed by atoms with Crippen LogP contribution in [0.15, 0.2) is 0 Å². The van der Waals surface area contributed by atoms with Gasteiger partial charge in [-0.25, -0.2) is 0 Å². The Morgan fingerprint density at radius 3 is 2.19 bits per heavy atom. The van der Waals surface area contributed by atoms with Crippen molar-refractivity contribution in [1.29, 1.82) is 0 Å². The predicted molar refractivity (Wildman–Crippen MR) is 81.7 cm³/mol. The summed E-state index contributed by atoms with van der Waals surface area (Å²) in [7, 11) is 0. The Kier molecular flexibility index (Phi) is 5.04. The molecule has 0 radical (unpaired) electrons. The molecule has 21 heavy (non-hydrogen) atoms. The topological polar surface area (TPSA) is 80.9 Å². The lowest BCUT2D eigenvalue weighted by molar-refractivity contribution is -0.140. The maximum atomic E-state index is 10.9. The minimum atomic E-state index is -1.20. The number of rotatable bonds is 1. The van der Waals surface area contributed by atoms with Crippen LogP contribution in [0.1, 0.15) is 65.7 Å². The molecule has 4 heteroatoms. The van der Waals surface area contributed by atoms with Crippen molar-refractivity contribution in [3.63, 3.8) is 0 Å². The molecule has 6 atom stereocenters. The van der Waals surface area contributed by atoms with Crippen LogP contribution in [0.5, 0.6) is 0 Å². The summed E-state index contributed by atoms with van der Waals surface area (Å²) in [6.07, 6.45) is 3.25. The summed E-state index contributed by atoms with van der Waals surface area (Å²) in [5, 5.41) is 41.9. The molecule has 2 aliphatic carbocycles. The fourth-order valence-corrected chi connectivity index (χ4v) is 4.36. The van der Waals surface area contributed by atoms with Gasteiger partial charge in [0, 0.05) is 0 Å². The van der Waals surface area contributed by atoms with Gasteiger partial charge in [0.15, 0.2) is 0 Å². The van der Waals surface area contributed by atoms with Gasteiger partial charge in [-0.1, -0.05) is 26.7 Å². The van der Waals surface area contributed by atoms with Gasteiger partial charge in [-0.3, -0.25) is 0 Å². The highest BCUT2D eigenvalue weighted by atomic mass is 16.3. The maximum absolute atomic E-state index is 10.9. The molecule has 4 unspecified atom stereocenters. The number of hydrogen-bond acceptors (Lipinski definition) is 4. The molecule has 0 amide bonds. The van der Waals surface area contributed by atoms with E-state index in [9.17, 15) is 20.4 Å². The summed E-state index contributed by atoms with van der Waals surface area (Å²) in [4.78, 5) is 0. The van der Waals surface area contributed by atoms with Crippen LogP contribution in [0.4, 0.5) is 0 Å². The molecule has 0 aromatic heterocycles. The van der Waals surface area contributed by atoms with Gasteiger partial charge in [0.1, 0.15) is 0 Å². The Bertz CT molecular complexity index is 353. The minimum absolute atomic E-state index is 0.0309. The van der Waals surface area contributed by atoms with Crippen LogP contribution in [0.25, 0.3) is 0 Å². The molecule has 2 rings (SSSR count). The number of hydrogen-bond donors (Lipinski definition) is 4. The second-order valence-electron chi connectivity index (χ2n) is 8.26. The quantitative estimate of drug-likeness (QED) is 0.557. The molecular formula is C17H32O4. The van der Waals surface area contributed by atoms with Crippen LogP contribution < -0.4 is 0 Å². The second-order valence-corrected chi connectivity index (χ2v) is 8.26. The van der Waals surface area contributed by atoms with Gasteiger partial charge in [0.25, 0.3) is 0 Å². The summed E-state index contributed by atoms with van der Waals surface area (Å²) in [5.74, 6) is -0.336. The lowest BCUT2D eigenvalue weighted by Crippen LogP contribution is -2.51. The predicted octanol–water partition coefficient (Wildman–Crippen LogP) is 1.84. The van der Waals surface area contributed by atoms with Crippen molar-refractivity contribution in [3.05, 3.63) is 0 Å².